The van der Waals surface area contributed by atoms with Crippen LogP contribution in [0, 0.1) is 5.92 Å². The Morgan fingerprint density at radius 3 is 2.85 bits per heavy atom. The standard InChI is InChI=1S/C15H20N4O/c1-20-13-4-2-11(3-5-13)8-14-17-15-9-12(10-16)6-7-19(15)18-14/h2-5,12H,6-10,16H2,1H3. The van der Waals surface area contributed by atoms with Crippen molar-refractivity contribution in [3.05, 3.63) is 41.5 Å². The lowest BCUT2D eigenvalue weighted by molar-refractivity contribution is 0.369. The average Bonchev–Trinajstić information content (AvgIpc) is 2.89. The first-order valence-electron chi connectivity index (χ1n) is 7.04. The molecule has 0 radical (unpaired) electrons. The zero-order valence-corrected chi connectivity index (χ0v) is 11.7. The summed E-state index contributed by atoms with van der Waals surface area (Å²) in [5, 5.41) is 4.59. The average molecular weight is 272 g/mol. The van der Waals surface area contributed by atoms with Crippen LogP contribution >= 0.6 is 0 Å². The smallest absolute Gasteiger partial charge is 0.155 e. The molecule has 106 valence electrons. The fourth-order valence-electron chi connectivity index (χ4n) is 2.62. The van der Waals surface area contributed by atoms with Gasteiger partial charge in [0.05, 0.1) is 7.11 Å². The lowest BCUT2D eigenvalue weighted by Gasteiger charge is -2.19. The lowest BCUT2D eigenvalue weighted by Crippen LogP contribution is -2.26. The first kappa shape index (κ1) is 13.1. The van der Waals surface area contributed by atoms with E-state index in [4.69, 9.17) is 10.5 Å². The van der Waals surface area contributed by atoms with Crippen molar-refractivity contribution in [2.45, 2.75) is 25.8 Å². The Morgan fingerprint density at radius 2 is 2.15 bits per heavy atom. The van der Waals surface area contributed by atoms with Crippen LogP contribution in [-0.4, -0.2) is 28.4 Å². The predicted molar refractivity (Wildman–Crippen MR) is 76.7 cm³/mol. The number of fused-ring (bicyclic) bond motifs is 1. The van der Waals surface area contributed by atoms with Crippen LogP contribution < -0.4 is 10.5 Å². The molecule has 0 bridgehead atoms. The second-order valence-electron chi connectivity index (χ2n) is 5.29. The van der Waals surface area contributed by atoms with E-state index in [1.807, 2.05) is 16.8 Å². The molecule has 0 saturated carbocycles. The molecule has 0 aliphatic carbocycles. The number of nitrogens with two attached hydrogens (primary N) is 1. The molecule has 0 amide bonds. The van der Waals surface area contributed by atoms with Gasteiger partial charge in [0.2, 0.25) is 0 Å². The Hall–Kier alpha value is -1.88. The highest BCUT2D eigenvalue weighted by Crippen LogP contribution is 2.19. The van der Waals surface area contributed by atoms with E-state index >= 15 is 0 Å². The molecule has 1 aromatic carbocycles. The summed E-state index contributed by atoms with van der Waals surface area (Å²) in [6.45, 7) is 1.67. The molecular weight excluding hydrogens is 252 g/mol. The molecule has 1 unspecified atom stereocenters. The molecule has 2 aromatic rings. The minimum absolute atomic E-state index is 0.556. The Bertz CT molecular complexity index is 576. The summed E-state index contributed by atoms with van der Waals surface area (Å²) in [7, 11) is 1.67. The SMILES string of the molecule is COc1ccc(Cc2nc3n(n2)CCC(CN)C3)cc1. The normalized spacial score (nSPS) is 17.8. The Labute approximate surface area is 118 Å². The van der Waals surface area contributed by atoms with E-state index in [9.17, 15) is 0 Å². The summed E-state index contributed by atoms with van der Waals surface area (Å²) in [6, 6.07) is 8.05. The number of methoxy groups -OCH3 is 1. The topological polar surface area (TPSA) is 66.0 Å². The van der Waals surface area contributed by atoms with Crippen LogP contribution in [0.3, 0.4) is 0 Å². The molecule has 1 aliphatic rings. The second kappa shape index (κ2) is 5.63. The van der Waals surface area contributed by atoms with Crippen molar-refractivity contribution >= 4 is 0 Å². The molecule has 5 nitrogen and oxygen atoms in total. The van der Waals surface area contributed by atoms with Crippen LogP contribution in [-0.2, 0) is 19.4 Å². The van der Waals surface area contributed by atoms with Crippen LogP contribution in [0.4, 0.5) is 0 Å². The number of hydrogen-bond acceptors (Lipinski definition) is 4. The van der Waals surface area contributed by atoms with E-state index in [-0.39, 0.29) is 0 Å². The van der Waals surface area contributed by atoms with Crippen molar-refractivity contribution in [3.63, 3.8) is 0 Å². The van der Waals surface area contributed by atoms with Gasteiger partial charge in [-0.2, -0.15) is 5.10 Å². The van der Waals surface area contributed by atoms with Gasteiger partial charge in [0.1, 0.15) is 11.6 Å². The number of aromatic nitrogens is 3. The minimum Gasteiger partial charge on any atom is -0.497 e. The molecule has 1 atom stereocenters. The Kier molecular flexibility index (Phi) is 3.69. The maximum absolute atomic E-state index is 5.75. The first-order chi connectivity index (χ1) is 9.78. The molecule has 2 N–H and O–H groups in total. The predicted octanol–water partition coefficient (Wildman–Crippen LogP) is 1.40. The number of ether oxygens (including phenoxy) is 1. The van der Waals surface area contributed by atoms with Crippen LogP contribution in [0.5, 0.6) is 5.75 Å². The van der Waals surface area contributed by atoms with Gasteiger partial charge in [-0.15, -0.1) is 0 Å². The van der Waals surface area contributed by atoms with Gasteiger partial charge in [-0.3, -0.25) is 0 Å². The molecule has 1 aliphatic heterocycles. The van der Waals surface area contributed by atoms with Gasteiger partial charge in [-0.05, 0) is 36.6 Å². The van der Waals surface area contributed by atoms with Crippen LogP contribution in [0.25, 0.3) is 0 Å². The summed E-state index contributed by atoms with van der Waals surface area (Å²) < 4.78 is 7.20. The number of rotatable bonds is 4. The minimum atomic E-state index is 0.556. The van der Waals surface area contributed by atoms with Gasteiger partial charge in [-0.1, -0.05) is 12.1 Å². The highest BCUT2D eigenvalue weighted by molar-refractivity contribution is 5.28. The Balaban J connectivity index is 1.73. The fourth-order valence-corrected chi connectivity index (χ4v) is 2.62. The van der Waals surface area contributed by atoms with Gasteiger partial charge in [0.25, 0.3) is 0 Å². The summed E-state index contributed by atoms with van der Waals surface area (Å²) in [5.41, 5.74) is 6.95. The summed E-state index contributed by atoms with van der Waals surface area (Å²) in [4.78, 5) is 4.65. The number of nitrogens with zero attached hydrogens (tertiary/aromatic N) is 3. The molecule has 2 heterocycles. The lowest BCUT2D eigenvalue weighted by atomic mass is 9.98. The summed E-state index contributed by atoms with van der Waals surface area (Å²) in [6.07, 6.45) is 2.82. The van der Waals surface area contributed by atoms with Crippen LogP contribution in [0.15, 0.2) is 24.3 Å². The molecular formula is C15H20N4O. The van der Waals surface area contributed by atoms with Crippen LogP contribution in [0.1, 0.15) is 23.6 Å². The van der Waals surface area contributed by atoms with Crippen molar-refractivity contribution in [2.75, 3.05) is 13.7 Å². The number of benzene rings is 1. The van der Waals surface area contributed by atoms with Crippen LogP contribution in [0.2, 0.25) is 0 Å². The zero-order chi connectivity index (χ0) is 13.9. The highest BCUT2D eigenvalue weighted by Gasteiger charge is 2.20. The quantitative estimate of drug-likeness (QED) is 0.913. The monoisotopic (exact) mass is 272 g/mol. The molecule has 1 aromatic heterocycles. The third kappa shape index (κ3) is 2.67. The van der Waals surface area contributed by atoms with Crippen molar-refractivity contribution in [2.24, 2.45) is 11.7 Å². The van der Waals surface area contributed by atoms with E-state index in [1.54, 1.807) is 7.11 Å². The van der Waals surface area contributed by atoms with E-state index in [0.29, 0.717) is 5.92 Å². The second-order valence-corrected chi connectivity index (χ2v) is 5.29. The van der Waals surface area contributed by atoms with E-state index in [1.165, 1.54) is 5.56 Å². The highest BCUT2D eigenvalue weighted by atomic mass is 16.5. The number of hydrogen-bond donors (Lipinski definition) is 1. The summed E-state index contributed by atoms with van der Waals surface area (Å²) in [5.74, 6) is 3.40. The van der Waals surface area contributed by atoms with Gasteiger partial charge in [0, 0.05) is 19.4 Å². The van der Waals surface area contributed by atoms with Crippen molar-refractivity contribution in [3.8, 4) is 5.75 Å². The van der Waals surface area contributed by atoms with Gasteiger partial charge in [0.15, 0.2) is 5.82 Å². The molecule has 5 heteroatoms. The third-order valence-corrected chi connectivity index (χ3v) is 3.87. The van der Waals surface area contributed by atoms with Crippen molar-refractivity contribution < 1.29 is 4.74 Å². The van der Waals surface area contributed by atoms with E-state index in [0.717, 1.165) is 49.8 Å². The van der Waals surface area contributed by atoms with Gasteiger partial charge >= 0.3 is 0 Å². The Morgan fingerprint density at radius 1 is 1.35 bits per heavy atom. The maximum atomic E-state index is 5.75. The summed E-state index contributed by atoms with van der Waals surface area (Å²) >= 11 is 0. The zero-order valence-electron chi connectivity index (χ0n) is 11.7. The first-order valence-corrected chi connectivity index (χ1v) is 7.04. The fraction of sp³-hybridized carbons (Fsp3) is 0.467. The maximum Gasteiger partial charge on any atom is 0.155 e. The number of aryl methyl sites for hydroxylation is 1. The largest absolute Gasteiger partial charge is 0.497 e. The molecule has 0 fully saturated rings. The van der Waals surface area contributed by atoms with Gasteiger partial charge in [-0.25, -0.2) is 9.67 Å². The van der Waals surface area contributed by atoms with Gasteiger partial charge < -0.3 is 10.5 Å². The van der Waals surface area contributed by atoms with Crippen molar-refractivity contribution in [1.29, 1.82) is 0 Å². The molecule has 0 spiro atoms. The van der Waals surface area contributed by atoms with E-state index in [2.05, 4.69) is 22.2 Å². The molecule has 20 heavy (non-hydrogen) atoms. The van der Waals surface area contributed by atoms with E-state index < -0.39 is 0 Å². The van der Waals surface area contributed by atoms with Crippen molar-refractivity contribution in [1.82, 2.24) is 14.8 Å². The molecule has 3 rings (SSSR count). The third-order valence-electron chi connectivity index (χ3n) is 3.87. The molecule has 0 saturated heterocycles.